The number of nitrogens with zero attached hydrogens (tertiary/aromatic N) is 1. The van der Waals surface area contributed by atoms with Crippen LogP contribution >= 0.6 is 0 Å². The SMILES string of the molecule is CCC(C)(C)NC(=O)c1cc(-c2ccco2)[nH]n1. The molecule has 5 heteroatoms. The number of hydrogen-bond acceptors (Lipinski definition) is 3. The number of hydrogen-bond donors (Lipinski definition) is 2. The normalized spacial score (nSPS) is 11.5. The Morgan fingerprint density at radius 2 is 2.33 bits per heavy atom. The molecule has 1 amide bonds. The summed E-state index contributed by atoms with van der Waals surface area (Å²) in [5, 5.41) is 9.71. The average molecular weight is 247 g/mol. The lowest BCUT2D eigenvalue weighted by atomic mass is 10.0. The first-order valence-corrected chi connectivity index (χ1v) is 5.93. The number of amides is 1. The molecule has 0 aliphatic heterocycles. The highest BCUT2D eigenvalue weighted by molar-refractivity contribution is 5.93. The Labute approximate surface area is 106 Å². The van der Waals surface area contributed by atoms with Crippen molar-refractivity contribution in [1.82, 2.24) is 15.5 Å². The van der Waals surface area contributed by atoms with Crippen molar-refractivity contribution in [2.75, 3.05) is 0 Å². The van der Waals surface area contributed by atoms with Gasteiger partial charge in [0.1, 0.15) is 5.69 Å². The van der Waals surface area contributed by atoms with E-state index in [1.807, 2.05) is 26.8 Å². The minimum absolute atomic E-state index is 0.184. The molecule has 0 bridgehead atoms. The van der Waals surface area contributed by atoms with Crippen LogP contribution in [0.3, 0.4) is 0 Å². The Hall–Kier alpha value is -2.04. The van der Waals surface area contributed by atoms with E-state index < -0.39 is 0 Å². The van der Waals surface area contributed by atoms with Crippen LogP contribution in [-0.4, -0.2) is 21.6 Å². The Bertz CT molecular complexity index is 526. The van der Waals surface area contributed by atoms with Gasteiger partial charge in [-0.15, -0.1) is 0 Å². The van der Waals surface area contributed by atoms with E-state index in [9.17, 15) is 4.79 Å². The third-order valence-electron chi connectivity index (χ3n) is 2.93. The summed E-state index contributed by atoms with van der Waals surface area (Å²) < 4.78 is 5.23. The smallest absolute Gasteiger partial charge is 0.272 e. The summed E-state index contributed by atoms with van der Waals surface area (Å²) in [7, 11) is 0. The van der Waals surface area contributed by atoms with Gasteiger partial charge in [0.2, 0.25) is 0 Å². The summed E-state index contributed by atoms with van der Waals surface area (Å²) in [5.41, 5.74) is 0.823. The Kier molecular flexibility index (Phi) is 3.23. The van der Waals surface area contributed by atoms with Gasteiger partial charge in [0, 0.05) is 11.6 Å². The molecule has 0 aliphatic carbocycles. The molecule has 0 unspecified atom stereocenters. The van der Waals surface area contributed by atoms with Gasteiger partial charge in [-0.25, -0.2) is 0 Å². The molecule has 0 saturated carbocycles. The topological polar surface area (TPSA) is 70.9 Å². The van der Waals surface area contributed by atoms with E-state index in [1.165, 1.54) is 0 Å². The van der Waals surface area contributed by atoms with Crippen LogP contribution in [0.5, 0.6) is 0 Å². The second-order valence-corrected chi connectivity index (χ2v) is 4.84. The molecule has 0 aliphatic rings. The molecule has 2 heterocycles. The van der Waals surface area contributed by atoms with Gasteiger partial charge in [-0.2, -0.15) is 5.10 Å². The van der Waals surface area contributed by atoms with E-state index in [-0.39, 0.29) is 11.4 Å². The number of furan rings is 1. The molecular weight excluding hydrogens is 230 g/mol. The van der Waals surface area contributed by atoms with Crippen molar-refractivity contribution < 1.29 is 9.21 Å². The Morgan fingerprint density at radius 1 is 1.56 bits per heavy atom. The van der Waals surface area contributed by atoms with Gasteiger partial charge >= 0.3 is 0 Å². The van der Waals surface area contributed by atoms with Crippen molar-refractivity contribution in [3.05, 3.63) is 30.2 Å². The molecule has 0 saturated heterocycles. The zero-order valence-corrected chi connectivity index (χ0v) is 10.8. The van der Waals surface area contributed by atoms with Crippen LogP contribution in [0, 0.1) is 0 Å². The summed E-state index contributed by atoms with van der Waals surface area (Å²) in [5.74, 6) is 0.479. The minimum Gasteiger partial charge on any atom is -0.463 e. The number of H-pyrrole nitrogens is 1. The van der Waals surface area contributed by atoms with E-state index in [0.29, 0.717) is 17.1 Å². The van der Waals surface area contributed by atoms with Crippen LogP contribution in [-0.2, 0) is 0 Å². The van der Waals surface area contributed by atoms with Crippen LogP contribution in [0.4, 0.5) is 0 Å². The Balaban J connectivity index is 2.13. The minimum atomic E-state index is -0.235. The van der Waals surface area contributed by atoms with Gasteiger partial charge in [0.05, 0.1) is 6.26 Å². The third-order valence-corrected chi connectivity index (χ3v) is 2.93. The average Bonchev–Trinajstić information content (AvgIpc) is 2.99. The molecule has 0 radical (unpaired) electrons. The highest BCUT2D eigenvalue weighted by Crippen LogP contribution is 2.18. The molecule has 2 rings (SSSR count). The quantitative estimate of drug-likeness (QED) is 0.872. The number of nitrogens with one attached hydrogen (secondary N) is 2. The van der Waals surface area contributed by atoms with Gasteiger partial charge in [-0.05, 0) is 32.4 Å². The standard InChI is InChI=1S/C13H17N3O2/c1-4-13(2,3)14-12(17)10-8-9(15-16-10)11-6-5-7-18-11/h5-8H,4H2,1-3H3,(H,14,17)(H,15,16). The molecule has 0 fully saturated rings. The van der Waals surface area contributed by atoms with Crippen LogP contribution in [0.2, 0.25) is 0 Å². The number of carbonyl (C=O) groups excluding carboxylic acids is 1. The van der Waals surface area contributed by atoms with E-state index in [4.69, 9.17) is 4.42 Å². The first-order valence-electron chi connectivity index (χ1n) is 5.93. The van der Waals surface area contributed by atoms with Crippen LogP contribution in [0.25, 0.3) is 11.5 Å². The summed E-state index contributed by atoms with van der Waals surface area (Å²) in [4.78, 5) is 12.0. The van der Waals surface area contributed by atoms with Crippen molar-refractivity contribution in [2.45, 2.75) is 32.7 Å². The van der Waals surface area contributed by atoms with Crippen molar-refractivity contribution in [2.24, 2.45) is 0 Å². The maximum atomic E-state index is 12.0. The maximum Gasteiger partial charge on any atom is 0.272 e. The lowest BCUT2D eigenvalue weighted by Crippen LogP contribution is -2.42. The fraction of sp³-hybridized carbons (Fsp3) is 0.385. The summed E-state index contributed by atoms with van der Waals surface area (Å²) >= 11 is 0. The van der Waals surface area contributed by atoms with Gasteiger partial charge in [0.25, 0.3) is 5.91 Å². The van der Waals surface area contributed by atoms with Crippen molar-refractivity contribution in [3.63, 3.8) is 0 Å². The highest BCUT2D eigenvalue weighted by Gasteiger charge is 2.20. The van der Waals surface area contributed by atoms with E-state index in [1.54, 1.807) is 18.4 Å². The van der Waals surface area contributed by atoms with E-state index in [0.717, 1.165) is 6.42 Å². The monoisotopic (exact) mass is 247 g/mol. The first kappa shape index (κ1) is 12.4. The van der Waals surface area contributed by atoms with E-state index >= 15 is 0 Å². The van der Waals surface area contributed by atoms with E-state index in [2.05, 4.69) is 15.5 Å². The fourth-order valence-electron chi connectivity index (χ4n) is 1.46. The lowest BCUT2D eigenvalue weighted by Gasteiger charge is -2.23. The molecule has 18 heavy (non-hydrogen) atoms. The second-order valence-electron chi connectivity index (χ2n) is 4.84. The Morgan fingerprint density at radius 3 is 2.94 bits per heavy atom. The molecule has 0 spiro atoms. The largest absolute Gasteiger partial charge is 0.463 e. The van der Waals surface area contributed by atoms with Crippen LogP contribution < -0.4 is 5.32 Å². The number of aromatic nitrogens is 2. The van der Waals surface area contributed by atoms with Gasteiger partial charge in [0.15, 0.2) is 11.5 Å². The van der Waals surface area contributed by atoms with Gasteiger partial charge in [-0.1, -0.05) is 6.92 Å². The first-order chi connectivity index (χ1) is 8.52. The zero-order valence-electron chi connectivity index (χ0n) is 10.8. The number of carbonyl (C=O) groups is 1. The highest BCUT2D eigenvalue weighted by atomic mass is 16.3. The predicted octanol–water partition coefficient (Wildman–Crippen LogP) is 2.59. The summed E-state index contributed by atoms with van der Waals surface area (Å²) in [6, 6.07) is 5.28. The molecule has 0 atom stereocenters. The molecule has 2 aromatic heterocycles. The van der Waals surface area contributed by atoms with Crippen molar-refractivity contribution >= 4 is 5.91 Å². The summed E-state index contributed by atoms with van der Waals surface area (Å²) in [6.45, 7) is 5.98. The molecule has 0 aromatic carbocycles. The van der Waals surface area contributed by atoms with Crippen LogP contribution in [0.1, 0.15) is 37.7 Å². The molecule has 2 aromatic rings. The predicted molar refractivity (Wildman–Crippen MR) is 68.1 cm³/mol. The summed E-state index contributed by atoms with van der Waals surface area (Å²) in [6.07, 6.45) is 2.43. The number of aromatic amines is 1. The zero-order chi connectivity index (χ0) is 13.2. The maximum absolute atomic E-state index is 12.0. The van der Waals surface area contributed by atoms with Crippen LogP contribution in [0.15, 0.2) is 28.9 Å². The van der Waals surface area contributed by atoms with Crippen molar-refractivity contribution in [1.29, 1.82) is 0 Å². The van der Waals surface area contributed by atoms with Gasteiger partial charge < -0.3 is 9.73 Å². The molecular formula is C13H17N3O2. The lowest BCUT2D eigenvalue weighted by molar-refractivity contribution is 0.0906. The molecule has 96 valence electrons. The molecule has 2 N–H and O–H groups in total. The second kappa shape index (κ2) is 4.68. The van der Waals surface area contributed by atoms with Gasteiger partial charge in [-0.3, -0.25) is 9.89 Å². The van der Waals surface area contributed by atoms with Crippen molar-refractivity contribution in [3.8, 4) is 11.5 Å². The third kappa shape index (κ3) is 2.61. The fourth-order valence-corrected chi connectivity index (χ4v) is 1.46. The molecule has 5 nitrogen and oxygen atoms in total. The number of rotatable bonds is 4.